The van der Waals surface area contributed by atoms with Gasteiger partial charge in [-0.2, -0.15) is 9.81 Å². The van der Waals surface area contributed by atoms with E-state index in [-0.39, 0.29) is 30.6 Å². The first-order chi connectivity index (χ1) is 20.2. The van der Waals surface area contributed by atoms with Crippen LogP contribution in [0.1, 0.15) is 61.3 Å². The molecular formula is C28H56N8O7. The maximum absolute atomic E-state index is 12.3. The highest BCUT2D eigenvalue weighted by Crippen LogP contribution is 2.12. The molecular weight excluding hydrogens is 560 g/mol. The Kier molecular flexibility index (Phi) is 21.5. The highest BCUT2D eigenvalue weighted by atomic mass is 16.5. The first-order valence-corrected chi connectivity index (χ1v) is 15.1. The number of nitrogens with zero attached hydrogens (tertiary/aromatic N) is 3. The fourth-order valence-corrected chi connectivity index (χ4v) is 3.61. The molecule has 0 heterocycles. The van der Waals surface area contributed by atoms with Crippen molar-refractivity contribution >= 4 is 17.7 Å². The quantitative estimate of drug-likeness (QED) is 0.0642. The van der Waals surface area contributed by atoms with E-state index >= 15 is 0 Å². The van der Waals surface area contributed by atoms with E-state index in [0.29, 0.717) is 78.8 Å². The van der Waals surface area contributed by atoms with Gasteiger partial charge in [0.25, 0.3) is 0 Å². The van der Waals surface area contributed by atoms with Gasteiger partial charge in [0.2, 0.25) is 17.7 Å². The molecule has 0 bridgehead atoms. The number of carbonyl (C=O) groups is 3. The molecule has 3 amide bonds. The van der Waals surface area contributed by atoms with Gasteiger partial charge in [-0.15, -0.1) is 0 Å². The van der Waals surface area contributed by atoms with Crippen LogP contribution in [-0.2, 0) is 23.9 Å². The molecule has 0 aromatic heterocycles. The summed E-state index contributed by atoms with van der Waals surface area (Å²) in [5.74, 6) is -0.542. The number of nitroso groups, excluding NO2 is 2. The molecule has 0 aliphatic heterocycles. The second-order valence-electron chi connectivity index (χ2n) is 11.6. The highest BCUT2D eigenvalue weighted by Gasteiger charge is 2.27. The average Bonchev–Trinajstić information content (AvgIpc) is 2.95. The van der Waals surface area contributed by atoms with Crippen LogP contribution < -0.4 is 26.6 Å². The zero-order valence-electron chi connectivity index (χ0n) is 27.3. The van der Waals surface area contributed by atoms with E-state index in [4.69, 9.17) is 9.47 Å². The van der Waals surface area contributed by atoms with Gasteiger partial charge in [0, 0.05) is 83.2 Å². The number of carbonyl (C=O) groups excluding carboxylic acids is 3. The van der Waals surface area contributed by atoms with Crippen molar-refractivity contribution in [3.63, 3.8) is 0 Å². The SMILES string of the molecule is CC(=O)NCCOCCOCCNC(=O)CCC(=O)NCCN(CCNC(C)(C)C(C)N=O)CCNC(C)(C)C(C)N=O. The van der Waals surface area contributed by atoms with Crippen LogP contribution in [0.2, 0.25) is 0 Å². The van der Waals surface area contributed by atoms with Crippen LogP contribution in [0.25, 0.3) is 0 Å². The highest BCUT2D eigenvalue weighted by molar-refractivity contribution is 5.83. The Balaban J connectivity index is 4.36. The Morgan fingerprint density at radius 3 is 1.47 bits per heavy atom. The maximum Gasteiger partial charge on any atom is 0.220 e. The Bertz CT molecular complexity index is 797. The van der Waals surface area contributed by atoms with Gasteiger partial charge < -0.3 is 36.1 Å². The Morgan fingerprint density at radius 2 is 1.05 bits per heavy atom. The summed E-state index contributed by atoms with van der Waals surface area (Å²) in [6, 6.07) is -0.783. The first kappa shape index (κ1) is 40.4. The van der Waals surface area contributed by atoms with Crippen molar-refractivity contribution in [1.29, 1.82) is 0 Å². The molecule has 0 rings (SSSR count). The summed E-state index contributed by atoms with van der Waals surface area (Å²) in [5.41, 5.74) is -0.910. The monoisotopic (exact) mass is 616 g/mol. The van der Waals surface area contributed by atoms with Crippen LogP contribution in [0.3, 0.4) is 0 Å². The lowest BCUT2D eigenvalue weighted by molar-refractivity contribution is -0.126. The lowest BCUT2D eigenvalue weighted by atomic mass is 9.97. The molecule has 250 valence electrons. The predicted octanol–water partition coefficient (Wildman–Crippen LogP) is 0.517. The van der Waals surface area contributed by atoms with Crippen LogP contribution in [0.4, 0.5) is 0 Å². The van der Waals surface area contributed by atoms with Crippen LogP contribution in [0.5, 0.6) is 0 Å². The van der Waals surface area contributed by atoms with Crippen LogP contribution in [0.15, 0.2) is 10.4 Å². The molecule has 15 nitrogen and oxygen atoms in total. The zero-order valence-corrected chi connectivity index (χ0v) is 27.3. The van der Waals surface area contributed by atoms with E-state index in [1.54, 1.807) is 13.8 Å². The number of ether oxygens (including phenoxy) is 2. The minimum atomic E-state index is -0.455. The topological polar surface area (TPSA) is 192 Å². The van der Waals surface area contributed by atoms with Gasteiger partial charge >= 0.3 is 0 Å². The first-order valence-electron chi connectivity index (χ1n) is 15.1. The average molecular weight is 617 g/mol. The van der Waals surface area contributed by atoms with E-state index in [0.717, 1.165) is 0 Å². The lowest BCUT2D eigenvalue weighted by Gasteiger charge is -2.32. The van der Waals surface area contributed by atoms with Crippen molar-refractivity contribution in [2.75, 3.05) is 78.8 Å². The third-order valence-electron chi connectivity index (χ3n) is 7.31. The number of nitrogens with one attached hydrogen (secondary N) is 5. The van der Waals surface area contributed by atoms with Crippen LogP contribution in [-0.4, -0.2) is 125 Å². The van der Waals surface area contributed by atoms with E-state index < -0.39 is 23.2 Å². The van der Waals surface area contributed by atoms with Gasteiger partial charge in [-0.05, 0) is 41.5 Å². The standard InChI is InChI=1S/C28H56N8O7/c1-22(34-40)27(4,5)32-11-16-36(17-12-33-28(6,7)23(2)35-41)15-10-30-25(38)8-9-26(39)31-14-19-43-21-20-42-18-13-29-24(3)37/h22-23,32-33H,8-21H2,1-7H3,(H,29,37)(H,30,38)(H,31,39). The fourth-order valence-electron chi connectivity index (χ4n) is 3.61. The Morgan fingerprint density at radius 1 is 0.651 bits per heavy atom. The summed E-state index contributed by atoms with van der Waals surface area (Å²) in [7, 11) is 0. The van der Waals surface area contributed by atoms with E-state index in [1.165, 1.54) is 6.92 Å². The van der Waals surface area contributed by atoms with Gasteiger partial charge in [-0.3, -0.25) is 19.3 Å². The summed E-state index contributed by atoms with van der Waals surface area (Å²) >= 11 is 0. The lowest BCUT2D eigenvalue weighted by Crippen LogP contribution is -2.52. The van der Waals surface area contributed by atoms with E-state index in [1.807, 2.05) is 27.7 Å². The van der Waals surface area contributed by atoms with E-state index in [2.05, 4.69) is 41.8 Å². The van der Waals surface area contributed by atoms with Gasteiger partial charge in [-0.1, -0.05) is 10.4 Å². The molecule has 2 atom stereocenters. The summed E-state index contributed by atoms with van der Waals surface area (Å²) in [6.07, 6.45) is 0.152. The molecule has 43 heavy (non-hydrogen) atoms. The zero-order chi connectivity index (χ0) is 32.7. The smallest absolute Gasteiger partial charge is 0.220 e. The summed E-state index contributed by atoms with van der Waals surface area (Å²) in [5, 5.41) is 21.2. The second kappa shape index (κ2) is 22.9. The molecule has 5 N–H and O–H groups in total. The second-order valence-corrected chi connectivity index (χ2v) is 11.6. The summed E-state index contributed by atoms with van der Waals surface area (Å²) in [4.78, 5) is 59.3. The minimum absolute atomic E-state index is 0.0751. The third-order valence-corrected chi connectivity index (χ3v) is 7.31. The third kappa shape index (κ3) is 20.9. The van der Waals surface area contributed by atoms with Crippen molar-refractivity contribution in [2.45, 2.75) is 84.5 Å². The molecule has 0 aromatic rings. The number of rotatable bonds is 27. The van der Waals surface area contributed by atoms with Gasteiger partial charge in [-0.25, -0.2) is 0 Å². The van der Waals surface area contributed by atoms with Crippen molar-refractivity contribution in [3.05, 3.63) is 9.81 Å². The molecule has 0 aliphatic rings. The maximum atomic E-state index is 12.3. The largest absolute Gasteiger partial charge is 0.377 e. The number of hydrogen-bond donors (Lipinski definition) is 5. The predicted molar refractivity (Wildman–Crippen MR) is 167 cm³/mol. The van der Waals surface area contributed by atoms with Gasteiger partial charge in [0.05, 0.1) is 26.4 Å². The Labute approximate surface area is 256 Å². The Hall–Kier alpha value is -2.59. The van der Waals surface area contributed by atoms with Gasteiger partial charge in [0.1, 0.15) is 12.1 Å². The summed E-state index contributed by atoms with van der Waals surface area (Å²) in [6.45, 7) is 18.6. The molecule has 0 aliphatic carbocycles. The summed E-state index contributed by atoms with van der Waals surface area (Å²) < 4.78 is 10.7. The van der Waals surface area contributed by atoms with Crippen LogP contribution in [0, 0.1) is 9.81 Å². The molecule has 0 fully saturated rings. The molecule has 0 radical (unpaired) electrons. The van der Waals surface area contributed by atoms with Crippen molar-refractivity contribution in [1.82, 2.24) is 31.5 Å². The van der Waals surface area contributed by atoms with Crippen molar-refractivity contribution < 1.29 is 23.9 Å². The molecule has 0 saturated carbocycles. The normalized spacial score (nSPS) is 13.3. The van der Waals surface area contributed by atoms with Gasteiger partial charge in [0.15, 0.2) is 0 Å². The molecule has 0 spiro atoms. The minimum Gasteiger partial charge on any atom is -0.377 e. The molecule has 0 saturated heterocycles. The fraction of sp³-hybridized carbons (Fsp3) is 0.893. The number of amides is 3. The molecule has 15 heteroatoms. The van der Waals surface area contributed by atoms with E-state index in [9.17, 15) is 24.2 Å². The van der Waals surface area contributed by atoms with Crippen molar-refractivity contribution in [2.24, 2.45) is 10.4 Å². The van der Waals surface area contributed by atoms with Crippen LogP contribution >= 0.6 is 0 Å². The van der Waals surface area contributed by atoms with Crippen molar-refractivity contribution in [3.8, 4) is 0 Å². The number of hydrogen-bond acceptors (Lipinski definition) is 12. The molecule has 2 unspecified atom stereocenters. The molecule has 0 aromatic carbocycles.